The van der Waals surface area contributed by atoms with Crippen LogP contribution in [0.25, 0.3) is 6.08 Å². The van der Waals surface area contributed by atoms with Crippen LogP contribution in [0.15, 0.2) is 58.0 Å². The molecule has 2 aromatic carbocycles. The lowest BCUT2D eigenvalue weighted by Gasteiger charge is -1.99. The van der Waals surface area contributed by atoms with Crippen LogP contribution in [0.1, 0.15) is 11.1 Å². The average molecular weight is 345 g/mol. The minimum absolute atomic E-state index is 0.0379. The highest BCUT2D eigenvalue weighted by atomic mass is 79.9. The molecule has 0 N–H and O–H groups in total. The van der Waals surface area contributed by atoms with Gasteiger partial charge in [-0.25, -0.2) is 0 Å². The SMILES string of the molecule is Cc1ccc([N+](=O)[O-])cc1N=CC(Br)=Cc1ccccc1. The van der Waals surface area contributed by atoms with E-state index in [4.69, 9.17) is 0 Å². The van der Waals surface area contributed by atoms with Gasteiger partial charge in [0.2, 0.25) is 0 Å². The van der Waals surface area contributed by atoms with E-state index >= 15 is 0 Å². The molecule has 0 aliphatic rings. The second-order valence-corrected chi connectivity index (χ2v) is 5.34. The Morgan fingerprint density at radius 1 is 1.24 bits per heavy atom. The first-order valence-electron chi connectivity index (χ1n) is 6.27. The van der Waals surface area contributed by atoms with Crippen molar-refractivity contribution in [1.82, 2.24) is 0 Å². The number of halogens is 1. The fourth-order valence-electron chi connectivity index (χ4n) is 1.73. The molecule has 0 bridgehead atoms. The third kappa shape index (κ3) is 4.36. The minimum Gasteiger partial charge on any atom is -0.258 e. The zero-order valence-corrected chi connectivity index (χ0v) is 12.9. The first-order valence-corrected chi connectivity index (χ1v) is 7.07. The van der Waals surface area contributed by atoms with E-state index in [-0.39, 0.29) is 5.69 Å². The van der Waals surface area contributed by atoms with Crippen molar-refractivity contribution in [2.75, 3.05) is 0 Å². The first-order chi connectivity index (χ1) is 10.1. The number of nitro groups is 1. The molecule has 0 saturated carbocycles. The zero-order valence-electron chi connectivity index (χ0n) is 11.4. The topological polar surface area (TPSA) is 55.5 Å². The molecule has 0 saturated heterocycles. The summed E-state index contributed by atoms with van der Waals surface area (Å²) in [7, 11) is 0. The van der Waals surface area contributed by atoms with Gasteiger partial charge in [0.25, 0.3) is 5.69 Å². The number of nitro benzene ring substituents is 1. The monoisotopic (exact) mass is 344 g/mol. The Hall–Kier alpha value is -2.27. The van der Waals surface area contributed by atoms with Gasteiger partial charge in [0.1, 0.15) is 0 Å². The molecule has 0 aliphatic heterocycles. The van der Waals surface area contributed by atoms with Crippen molar-refractivity contribution in [1.29, 1.82) is 0 Å². The highest BCUT2D eigenvalue weighted by Crippen LogP contribution is 2.24. The van der Waals surface area contributed by atoms with Crippen LogP contribution in [0, 0.1) is 17.0 Å². The van der Waals surface area contributed by atoms with E-state index in [1.165, 1.54) is 12.1 Å². The van der Waals surface area contributed by atoms with Gasteiger partial charge in [-0.2, -0.15) is 0 Å². The molecule has 0 atom stereocenters. The van der Waals surface area contributed by atoms with Crippen LogP contribution in [0.3, 0.4) is 0 Å². The summed E-state index contributed by atoms with van der Waals surface area (Å²) >= 11 is 3.42. The van der Waals surface area contributed by atoms with E-state index in [1.54, 1.807) is 12.3 Å². The standard InChI is InChI=1S/C16H13BrN2O2/c1-12-7-8-15(19(20)21)10-16(12)18-11-14(17)9-13-5-3-2-4-6-13/h2-11H,1H3. The average Bonchev–Trinajstić information content (AvgIpc) is 2.47. The molecular formula is C16H13BrN2O2. The van der Waals surface area contributed by atoms with Gasteiger partial charge in [-0.1, -0.05) is 36.4 Å². The Balaban J connectivity index is 2.23. The predicted octanol–water partition coefficient (Wildman–Crippen LogP) is 5.04. The molecule has 0 amide bonds. The van der Waals surface area contributed by atoms with Crippen molar-refractivity contribution in [2.45, 2.75) is 6.92 Å². The summed E-state index contributed by atoms with van der Waals surface area (Å²) in [5.41, 5.74) is 2.56. The maximum absolute atomic E-state index is 10.8. The Morgan fingerprint density at radius 2 is 1.95 bits per heavy atom. The van der Waals surface area contributed by atoms with Gasteiger partial charge in [0, 0.05) is 22.8 Å². The Bertz CT molecular complexity index is 709. The Morgan fingerprint density at radius 3 is 2.62 bits per heavy atom. The molecule has 0 heterocycles. The van der Waals surface area contributed by atoms with Crippen molar-refractivity contribution >= 4 is 39.6 Å². The summed E-state index contributed by atoms with van der Waals surface area (Å²) in [6, 6.07) is 14.5. The number of hydrogen-bond acceptors (Lipinski definition) is 3. The molecule has 0 fully saturated rings. The molecule has 0 unspecified atom stereocenters. The van der Waals surface area contributed by atoms with Crippen LogP contribution in [-0.4, -0.2) is 11.1 Å². The number of allylic oxidation sites excluding steroid dienone is 1. The summed E-state index contributed by atoms with van der Waals surface area (Å²) in [4.78, 5) is 14.7. The number of benzene rings is 2. The fourth-order valence-corrected chi connectivity index (χ4v) is 2.09. The van der Waals surface area contributed by atoms with Crippen LogP contribution in [0.2, 0.25) is 0 Å². The molecule has 21 heavy (non-hydrogen) atoms. The molecule has 0 spiro atoms. The molecule has 4 nitrogen and oxygen atoms in total. The molecule has 2 rings (SSSR count). The molecule has 0 aliphatic carbocycles. The minimum atomic E-state index is -0.423. The number of aryl methyl sites for hydroxylation is 1. The third-order valence-corrected chi connectivity index (χ3v) is 3.27. The summed E-state index contributed by atoms with van der Waals surface area (Å²) in [6.07, 6.45) is 3.56. The van der Waals surface area contributed by atoms with Crippen LogP contribution in [0.5, 0.6) is 0 Å². The van der Waals surface area contributed by atoms with E-state index < -0.39 is 4.92 Å². The number of aliphatic imine (C=N–C) groups is 1. The lowest BCUT2D eigenvalue weighted by molar-refractivity contribution is -0.384. The number of nitrogens with zero attached hydrogens (tertiary/aromatic N) is 2. The van der Waals surface area contributed by atoms with E-state index in [9.17, 15) is 10.1 Å². The largest absolute Gasteiger partial charge is 0.271 e. The molecule has 2 aromatic rings. The molecular weight excluding hydrogens is 332 g/mol. The van der Waals surface area contributed by atoms with Gasteiger partial charge in [-0.3, -0.25) is 15.1 Å². The summed E-state index contributed by atoms with van der Waals surface area (Å²) in [6.45, 7) is 1.87. The van der Waals surface area contributed by atoms with Gasteiger partial charge in [0.15, 0.2) is 0 Å². The lowest BCUT2D eigenvalue weighted by atomic mass is 10.2. The quantitative estimate of drug-likeness (QED) is 0.443. The van der Waals surface area contributed by atoms with Crippen molar-refractivity contribution in [3.8, 4) is 0 Å². The second-order valence-electron chi connectivity index (χ2n) is 4.43. The number of non-ortho nitro benzene ring substituents is 1. The summed E-state index contributed by atoms with van der Waals surface area (Å²) < 4.78 is 0.791. The summed E-state index contributed by atoms with van der Waals surface area (Å²) in [5.74, 6) is 0. The lowest BCUT2D eigenvalue weighted by Crippen LogP contribution is -1.88. The fraction of sp³-hybridized carbons (Fsp3) is 0.0625. The van der Waals surface area contributed by atoms with Crippen molar-refractivity contribution in [3.05, 3.63) is 74.3 Å². The maximum atomic E-state index is 10.8. The van der Waals surface area contributed by atoms with Gasteiger partial charge >= 0.3 is 0 Å². The third-order valence-electron chi connectivity index (χ3n) is 2.83. The van der Waals surface area contributed by atoms with Crippen molar-refractivity contribution in [3.63, 3.8) is 0 Å². The van der Waals surface area contributed by atoms with Crippen LogP contribution < -0.4 is 0 Å². The van der Waals surface area contributed by atoms with Crippen LogP contribution in [-0.2, 0) is 0 Å². The van der Waals surface area contributed by atoms with Crippen LogP contribution in [0.4, 0.5) is 11.4 Å². The molecule has 0 radical (unpaired) electrons. The van der Waals surface area contributed by atoms with Crippen molar-refractivity contribution in [2.24, 2.45) is 4.99 Å². The highest BCUT2D eigenvalue weighted by molar-refractivity contribution is 9.12. The molecule has 106 valence electrons. The van der Waals surface area contributed by atoms with E-state index in [0.29, 0.717) is 5.69 Å². The Labute approximate surface area is 131 Å². The van der Waals surface area contributed by atoms with E-state index in [1.807, 2.05) is 43.3 Å². The van der Waals surface area contributed by atoms with Crippen molar-refractivity contribution < 1.29 is 4.92 Å². The van der Waals surface area contributed by atoms with Gasteiger partial charge < -0.3 is 0 Å². The smallest absolute Gasteiger partial charge is 0.258 e. The predicted molar refractivity (Wildman–Crippen MR) is 89.3 cm³/mol. The zero-order chi connectivity index (χ0) is 15.2. The second kappa shape index (κ2) is 6.95. The van der Waals surface area contributed by atoms with Gasteiger partial charge in [-0.15, -0.1) is 0 Å². The first kappa shape index (κ1) is 15.1. The van der Waals surface area contributed by atoms with Gasteiger partial charge in [0.05, 0.1) is 10.6 Å². The van der Waals surface area contributed by atoms with Crippen LogP contribution >= 0.6 is 15.9 Å². The highest BCUT2D eigenvalue weighted by Gasteiger charge is 2.07. The number of rotatable bonds is 4. The maximum Gasteiger partial charge on any atom is 0.271 e. The Kier molecular flexibility index (Phi) is 5.00. The number of hydrogen-bond donors (Lipinski definition) is 0. The van der Waals surface area contributed by atoms with E-state index in [0.717, 1.165) is 15.6 Å². The normalized spacial score (nSPS) is 11.8. The molecule has 0 aromatic heterocycles. The van der Waals surface area contributed by atoms with E-state index in [2.05, 4.69) is 20.9 Å². The molecule has 5 heteroatoms. The van der Waals surface area contributed by atoms with Gasteiger partial charge in [-0.05, 0) is 40.1 Å². The summed E-state index contributed by atoms with van der Waals surface area (Å²) in [5, 5.41) is 10.8.